The Morgan fingerprint density at radius 3 is 2.76 bits per heavy atom. The average Bonchev–Trinajstić information content (AvgIpc) is 2.90. The fourth-order valence-corrected chi connectivity index (χ4v) is 2.13. The van der Waals surface area contributed by atoms with Crippen molar-refractivity contribution in [3.63, 3.8) is 0 Å². The molecule has 3 rings (SSSR count). The number of hydrogen-bond acceptors (Lipinski definition) is 4. The summed E-state index contributed by atoms with van der Waals surface area (Å²) in [6, 6.07) is 4.34. The minimum Gasteiger partial charge on any atom is -0.496 e. The average molecular weight is 290 g/mol. The Kier molecular flexibility index (Phi) is 2.86. The molecule has 0 unspecified atom stereocenters. The molecule has 108 valence electrons. The van der Waals surface area contributed by atoms with Crippen LogP contribution in [-0.2, 0) is 7.05 Å². The van der Waals surface area contributed by atoms with Gasteiger partial charge in [-0.05, 0) is 12.1 Å². The van der Waals surface area contributed by atoms with Gasteiger partial charge in [0.15, 0.2) is 5.65 Å². The number of rotatable bonds is 2. The predicted octanol–water partition coefficient (Wildman–Crippen LogP) is 0.765. The van der Waals surface area contributed by atoms with E-state index in [1.165, 1.54) is 30.9 Å². The number of fused-ring (bicyclic) bond motifs is 1. The van der Waals surface area contributed by atoms with Gasteiger partial charge in [0, 0.05) is 7.05 Å². The molecule has 3 aromatic rings. The molecule has 7 nitrogen and oxygen atoms in total. The van der Waals surface area contributed by atoms with Crippen molar-refractivity contribution in [1.29, 1.82) is 0 Å². The number of benzene rings is 1. The lowest BCUT2D eigenvalue weighted by Crippen LogP contribution is -2.28. The van der Waals surface area contributed by atoms with E-state index in [4.69, 9.17) is 4.74 Å². The summed E-state index contributed by atoms with van der Waals surface area (Å²) in [5, 5.41) is 0. The van der Waals surface area contributed by atoms with Gasteiger partial charge in [0.1, 0.15) is 22.9 Å². The Morgan fingerprint density at radius 1 is 1.29 bits per heavy atom. The molecule has 8 heteroatoms. The third-order valence-electron chi connectivity index (χ3n) is 3.19. The Balaban J connectivity index is 2.38. The second-order valence-corrected chi connectivity index (χ2v) is 4.42. The third kappa shape index (κ3) is 1.92. The molecule has 0 aliphatic heterocycles. The van der Waals surface area contributed by atoms with Gasteiger partial charge in [-0.15, -0.1) is 0 Å². The molecule has 0 amide bonds. The highest BCUT2D eigenvalue weighted by molar-refractivity contribution is 5.77. The zero-order chi connectivity index (χ0) is 15.1. The number of ether oxygens (including phenoxy) is 1. The number of aromatic amines is 2. The van der Waals surface area contributed by atoms with Gasteiger partial charge >= 0.3 is 5.69 Å². The monoisotopic (exact) mass is 290 g/mol. The second kappa shape index (κ2) is 4.58. The van der Waals surface area contributed by atoms with Gasteiger partial charge < -0.3 is 9.72 Å². The molecule has 0 radical (unpaired) electrons. The number of H-pyrrole nitrogens is 2. The highest BCUT2D eigenvalue weighted by Crippen LogP contribution is 2.30. The lowest BCUT2D eigenvalue weighted by atomic mass is 10.2. The van der Waals surface area contributed by atoms with Crippen molar-refractivity contribution in [2.75, 3.05) is 7.11 Å². The van der Waals surface area contributed by atoms with E-state index in [9.17, 15) is 14.0 Å². The molecule has 0 fully saturated rings. The summed E-state index contributed by atoms with van der Waals surface area (Å²) in [5.41, 5.74) is -0.863. The molecule has 0 atom stereocenters. The van der Waals surface area contributed by atoms with Crippen LogP contribution in [0.25, 0.3) is 22.6 Å². The second-order valence-electron chi connectivity index (χ2n) is 4.42. The van der Waals surface area contributed by atoms with Crippen LogP contribution in [0.2, 0.25) is 0 Å². The van der Waals surface area contributed by atoms with Crippen molar-refractivity contribution in [2.45, 2.75) is 0 Å². The van der Waals surface area contributed by atoms with Crippen LogP contribution in [-0.4, -0.2) is 26.6 Å². The number of aryl methyl sites for hydroxylation is 1. The summed E-state index contributed by atoms with van der Waals surface area (Å²) in [5.74, 6) is -0.156. The van der Waals surface area contributed by atoms with Crippen LogP contribution >= 0.6 is 0 Å². The van der Waals surface area contributed by atoms with E-state index in [0.717, 1.165) is 0 Å². The predicted molar refractivity (Wildman–Crippen MR) is 73.9 cm³/mol. The molecule has 2 N–H and O–H groups in total. The normalized spacial score (nSPS) is 11.0. The fourth-order valence-electron chi connectivity index (χ4n) is 2.13. The van der Waals surface area contributed by atoms with Crippen LogP contribution in [0, 0.1) is 5.82 Å². The first kappa shape index (κ1) is 13.1. The highest BCUT2D eigenvalue weighted by Gasteiger charge is 2.18. The number of aromatic nitrogens is 4. The van der Waals surface area contributed by atoms with Crippen molar-refractivity contribution in [3.8, 4) is 17.1 Å². The first-order valence-electron chi connectivity index (χ1n) is 6.05. The molecule has 1 aromatic carbocycles. The molecule has 2 aromatic heterocycles. The van der Waals surface area contributed by atoms with Gasteiger partial charge in [0.05, 0.1) is 12.7 Å². The summed E-state index contributed by atoms with van der Waals surface area (Å²) in [7, 11) is 2.87. The molecule has 0 aliphatic carbocycles. The molecule has 0 aliphatic rings. The van der Waals surface area contributed by atoms with Crippen LogP contribution < -0.4 is 16.0 Å². The summed E-state index contributed by atoms with van der Waals surface area (Å²) in [6.45, 7) is 0. The Bertz CT molecular complexity index is 954. The summed E-state index contributed by atoms with van der Waals surface area (Å²) in [6.07, 6.45) is 0. The van der Waals surface area contributed by atoms with Crippen LogP contribution in [0.3, 0.4) is 0 Å². The number of nitrogens with one attached hydrogen (secondary N) is 2. The maximum Gasteiger partial charge on any atom is 0.329 e. The SMILES string of the molecule is COc1cccc(F)c1-c1nc2c([nH]1)c(=O)[nH]c(=O)n2C. The van der Waals surface area contributed by atoms with Crippen molar-refractivity contribution < 1.29 is 9.13 Å². The number of halogens is 1. The van der Waals surface area contributed by atoms with E-state index in [2.05, 4.69) is 15.0 Å². The Hall–Kier alpha value is -2.90. The summed E-state index contributed by atoms with van der Waals surface area (Å²) < 4.78 is 20.3. The molecule has 0 bridgehead atoms. The molecule has 0 spiro atoms. The number of nitrogens with zero attached hydrogens (tertiary/aromatic N) is 2. The summed E-state index contributed by atoms with van der Waals surface area (Å²) in [4.78, 5) is 32.3. The summed E-state index contributed by atoms with van der Waals surface area (Å²) >= 11 is 0. The fraction of sp³-hybridized carbons (Fsp3) is 0.154. The van der Waals surface area contributed by atoms with Crippen LogP contribution in [0.5, 0.6) is 5.75 Å². The van der Waals surface area contributed by atoms with Gasteiger partial charge in [-0.2, -0.15) is 0 Å². The third-order valence-corrected chi connectivity index (χ3v) is 3.19. The molecule has 0 saturated carbocycles. The smallest absolute Gasteiger partial charge is 0.329 e. The molecular weight excluding hydrogens is 279 g/mol. The van der Waals surface area contributed by atoms with Gasteiger partial charge in [0.25, 0.3) is 5.56 Å². The van der Waals surface area contributed by atoms with Gasteiger partial charge in [-0.3, -0.25) is 14.3 Å². The number of methoxy groups -OCH3 is 1. The van der Waals surface area contributed by atoms with Crippen molar-refractivity contribution in [3.05, 3.63) is 44.9 Å². The Morgan fingerprint density at radius 2 is 2.05 bits per heavy atom. The first-order valence-corrected chi connectivity index (χ1v) is 6.05. The minimum atomic E-state index is -0.609. The molecule has 2 heterocycles. The zero-order valence-electron chi connectivity index (χ0n) is 11.2. The van der Waals surface area contributed by atoms with E-state index in [-0.39, 0.29) is 28.3 Å². The van der Waals surface area contributed by atoms with Crippen molar-refractivity contribution in [2.24, 2.45) is 7.05 Å². The minimum absolute atomic E-state index is 0.0948. The Labute approximate surface area is 117 Å². The quantitative estimate of drug-likeness (QED) is 0.729. The standard InChI is InChI=1S/C13H11FN4O3/c1-18-11-9(12(19)17-13(18)20)15-10(16-11)8-6(14)4-3-5-7(8)21-2/h3-5H,1-2H3,(H,15,16)(H,17,19,20). The van der Waals surface area contributed by atoms with E-state index < -0.39 is 17.1 Å². The van der Waals surface area contributed by atoms with Gasteiger partial charge in [0.2, 0.25) is 0 Å². The molecule has 0 saturated heterocycles. The number of imidazole rings is 1. The van der Waals surface area contributed by atoms with E-state index >= 15 is 0 Å². The maximum absolute atomic E-state index is 14.0. The number of hydrogen-bond donors (Lipinski definition) is 2. The topological polar surface area (TPSA) is 92.8 Å². The molecule has 21 heavy (non-hydrogen) atoms. The largest absolute Gasteiger partial charge is 0.496 e. The van der Waals surface area contributed by atoms with Gasteiger partial charge in [-0.25, -0.2) is 14.2 Å². The van der Waals surface area contributed by atoms with Crippen LogP contribution in [0.1, 0.15) is 0 Å². The van der Waals surface area contributed by atoms with Crippen LogP contribution in [0.4, 0.5) is 4.39 Å². The van der Waals surface area contributed by atoms with Crippen molar-refractivity contribution in [1.82, 2.24) is 19.5 Å². The molecular formula is C13H11FN4O3. The van der Waals surface area contributed by atoms with E-state index in [1.807, 2.05) is 0 Å². The lowest BCUT2D eigenvalue weighted by molar-refractivity contribution is 0.413. The first-order chi connectivity index (χ1) is 10.0. The lowest BCUT2D eigenvalue weighted by Gasteiger charge is -2.06. The highest BCUT2D eigenvalue weighted by atomic mass is 19.1. The van der Waals surface area contributed by atoms with Crippen molar-refractivity contribution >= 4 is 11.2 Å². The zero-order valence-corrected chi connectivity index (χ0v) is 11.2. The van der Waals surface area contributed by atoms with E-state index in [1.54, 1.807) is 6.07 Å². The van der Waals surface area contributed by atoms with E-state index in [0.29, 0.717) is 0 Å². The maximum atomic E-state index is 14.0. The van der Waals surface area contributed by atoms with Crippen LogP contribution in [0.15, 0.2) is 27.8 Å². The van der Waals surface area contributed by atoms with Gasteiger partial charge in [-0.1, -0.05) is 6.07 Å².